The first-order chi connectivity index (χ1) is 6.59. The van der Waals surface area contributed by atoms with Crippen molar-refractivity contribution in [3.05, 3.63) is 12.3 Å². The smallest absolute Gasteiger partial charge is 0.360 e. The Morgan fingerprint density at radius 3 is 2.86 bits per heavy atom. The topological polar surface area (TPSA) is 125 Å². The quantitative estimate of drug-likeness (QED) is 0.564. The predicted molar refractivity (Wildman–Crippen MR) is 43.6 cm³/mol. The summed E-state index contributed by atoms with van der Waals surface area (Å²) in [5.41, 5.74) is 0. The maximum Gasteiger partial charge on any atom is 0.360 e. The van der Waals surface area contributed by atoms with Crippen molar-refractivity contribution in [1.82, 2.24) is 20.6 Å². The van der Waals surface area contributed by atoms with Crippen LogP contribution in [0, 0.1) is 0 Å². The van der Waals surface area contributed by atoms with Gasteiger partial charge in [-0.25, -0.2) is 0 Å². The molecule has 3 N–H and O–H groups in total. The van der Waals surface area contributed by atoms with Crippen LogP contribution in [0.1, 0.15) is 0 Å². The molecule has 8 nitrogen and oxygen atoms in total. The van der Waals surface area contributed by atoms with Gasteiger partial charge in [0.15, 0.2) is 5.76 Å². The molecular formula is C5H5N4O4P. The van der Waals surface area contributed by atoms with Gasteiger partial charge >= 0.3 is 7.60 Å². The first kappa shape index (κ1) is 9.07. The summed E-state index contributed by atoms with van der Waals surface area (Å²) < 4.78 is 15.8. The van der Waals surface area contributed by atoms with Gasteiger partial charge in [0.2, 0.25) is 5.82 Å². The number of furan rings is 1. The van der Waals surface area contributed by atoms with E-state index in [1.165, 1.54) is 6.07 Å². The van der Waals surface area contributed by atoms with Crippen LogP contribution in [0.25, 0.3) is 11.6 Å². The highest BCUT2D eigenvalue weighted by Gasteiger charge is 2.27. The lowest BCUT2D eigenvalue weighted by Crippen LogP contribution is -2.04. The molecule has 2 heterocycles. The number of nitrogens with zero attached hydrogens (tertiary/aromatic N) is 3. The van der Waals surface area contributed by atoms with Crippen LogP contribution in [-0.4, -0.2) is 30.4 Å². The highest BCUT2D eigenvalue weighted by atomic mass is 31.2. The van der Waals surface area contributed by atoms with Gasteiger partial charge in [0, 0.05) is 0 Å². The Kier molecular flexibility index (Phi) is 1.95. The molecule has 2 aromatic heterocycles. The molecule has 0 bridgehead atoms. The lowest BCUT2D eigenvalue weighted by molar-refractivity contribution is 0.387. The number of hydrogen-bond acceptors (Lipinski definition) is 5. The van der Waals surface area contributed by atoms with E-state index in [0.717, 1.165) is 6.26 Å². The number of H-pyrrole nitrogens is 1. The molecule has 2 aromatic rings. The molecule has 0 radical (unpaired) electrons. The van der Waals surface area contributed by atoms with E-state index in [9.17, 15) is 4.57 Å². The average Bonchev–Trinajstić information content (AvgIpc) is 2.73. The van der Waals surface area contributed by atoms with Crippen molar-refractivity contribution < 1.29 is 18.8 Å². The molecule has 0 atom stereocenters. The summed E-state index contributed by atoms with van der Waals surface area (Å²) in [5.74, 6) is -0.0691. The predicted octanol–water partition coefficient (Wildman–Crippen LogP) is -0.737. The van der Waals surface area contributed by atoms with Crippen molar-refractivity contribution in [2.75, 3.05) is 0 Å². The molecule has 14 heavy (non-hydrogen) atoms. The van der Waals surface area contributed by atoms with Crippen molar-refractivity contribution in [3.63, 3.8) is 0 Å². The SMILES string of the molecule is O=P(O)(O)c1ccoc1-c1nn[nH]n1. The number of rotatable bonds is 2. The van der Waals surface area contributed by atoms with Crippen molar-refractivity contribution >= 4 is 12.9 Å². The number of tetrazole rings is 1. The van der Waals surface area contributed by atoms with Crippen LogP contribution in [0.3, 0.4) is 0 Å². The zero-order chi connectivity index (χ0) is 10.2. The summed E-state index contributed by atoms with van der Waals surface area (Å²) >= 11 is 0. The highest BCUT2D eigenvalue weighted by molar-refractivity contribution is 7.60. The minimum Gasteiger partial charge on any atom is -0.460 e. The van der Waals surface area contributed by atoms with Gasteiger partial charge in [0.05, 0.1) is 6.26 Å². The normalized spacial score (nSPS) is 11.9. The van der Waals surface area contributed by atoms with Gasteiger partial charge in [0.1, 0.15) is 5.30 Å². The number of hydrogen-bond donors (Lipinski definition) is 3. The monoisotopic (exact) mass is 216 g/mol. The summed E-state index contributed by atoms with van der Waals surface area (Å²) in [6, 6.07) is 1.17. The van der Waals surface area contributed by atoms with Crippen LogP contribution in [0.2, 0.25) is 0 Å². The van der Waals surface area contributed by atoms with Gasteiger partial charge in [-0.1, -0.05) is 0 Å². The van der Waals surface area contributed by atoms with Crippen molar-refractivity contribution in [3.8, 4) is 11.6 Å². The Bertz CT molecular complexity index is 472. The van der Waals surface area contributed by atoms with E-state index in [-0.39, 0.29) is 16.9 Å². The first-order valence-corrected chi connectivity index (χ1v) is 5.07. The molecule has 9 heteroatoms. The summed E-state index contributed by atoms with van der Waals surface area (Å²) in [4.78, 5) is 17.8. The second kappa shape index (κ2) is 3.02. The van der Waals surface area contributed by atoms with E-state index in [4.69, 9.17) is 14.2 Å². The molecule has 0 saturated carbocycles. The average molecular weight is 216 g/mol. The third-order valence-corrected chi connectivity index (χ3v) is 2.49. The Morgan fingerprint density at radius 1 is 1.50 bits per heavy atom. The maximum atomic E-state index is 11.0. The summed E-state index contributed by atoms with van der Waals surface area (Å²) in [6.07, 6.45) is 1.15. The lowest BCUT2D eigenvalue weighted by atomic mass is 10.4. The number of aromatic nitrogens is 4. The largest absolute Gasteiger partial charge is 0.460 e. The molecule has 0 unspecified atom stereocenters. The fourth-order valence-electron chi connectivity index (χ4n) is 0.957. The molecule has 0 saturated heterocycles. The fourth-order valence-corrected chi connectivity index (χ4v) is 1.63. The molecule has 0 fully saturated rings. The fraction of sp³-hybridized carbons (Fsp3) is 0. The van der Waals surface area contributed by atoms with Crippen LogP contribution < -0.4 is 5.30 Å². The van der Waals surface area contributed by atoms with Crippen LogP contribution in [-0.2, 0) is 4.57 Å². The standard InChI is InChI=1S/C5H5N4O4P/c10-14(11,12)3-1-2-13-4(3)5-6-8-9-7-5/h1-2H,(H2,10,11,12)(H,6,7,8,9). The van der Waals surface area contributed by atoms with Crippen molar-refractivity contribution in [1.29, 1.82) is 0 Å². The second-order valence-corrected chi connectivity index (χ2v) is 3.98. The summed E-state index contributed by atoms with van der Waals surface area (Å²) in [6.45, 7) is 0. The van der Waals surface area contributed by atoms with Crippen molar-refractivity contribution in [2.24, 2.45) is 0 Å². The van der Waals surface area contributed by atoms with Gasteiger partial charge in [-0.05, 0) is 11.3 Å². The maximum absolute atomic E-state index is 11.0. The lowest BCUT2D eigenvalue weighted by Gasteiger charge is -2.00. The van der Waals surface area contributed by atoms with Gasteiger partial charge in [-0.2, -0.15) is 5.21 Å². The van der Waals surface area contributed by atoms with Gasteiger partial charge in [-0.3, -0.25) is 4.57 Å². The van der Waals surface area contributed by atoms with E-state index < -0.39 is 7.60 Å². The second-order valence-electron chi connectivity index (χ2n) is 2.41. The molecular weight excluding hydrogens is 211 g/mol. The van der Waals surface area contributed by atoms with E-state index in [0.29, 0.717) is 0 Å². The molecule has 0 aromatic carbocycles. The first-order valence-electron chi connectivity index (χ1n) is 3.46. The zero-order valence-corrected chi connectivity index (χ0v) is 7.55. The van der Waals surface area contributed by atoms with E-state index in [2.05, 4.69) is 20.6 Å². The third-order valence-electron chi connectivity index (χ3n) is 1.51. The van der Waals surface area contributed by atoms with Crippen LogP contribution in [0.5, 0.6) is 0 Å². The molecule has 0 aliphatic carbocycles. The molecule has 0 aliphatic rings. The summed E-state index contributed by atoms with van der Waals surface area (Å²) in [7, 11) is -4.36. The Hall–Kier alpha value is -1.50. The van der Waals surface area contributed by atoms with Crippen LogP contribution in [0.15, 0.2) is 16.7 Å². The Balaban J connectivity index is 2.56. The van der Waals surface area contributed by atoms with Gasteiger partial charge in [-0.15, -0.1) is 10.2 Å². The van der Waals surface area contributed by atoms with Gasteiger partial charge < -0.3 is 14.2 Å². The molecule has 2 rings (SSSR count). The number of nitrogens with one attached hydrogen (secondary N) is 1. The zero-order valence-electron chi connectivity index (χ0n) is 6.65. The third kappa shape index (κ3) is 1.46. The molecule has 0 spiro atoms. The molecule has 74 valence electrons. The highest BCUT2D eigenvalue weighted by Crippen LogP contribution is 2.37. The minimum absolute atomic E-state index is 0.00771. The molecule has 0 amide bonds. The Morgan fingerprint density at radius 2 is 2.29 bits per heavy atom. The van der Waals surface area contributed by atoms with Crippen LogP contribution >= 0.6 is 7.60 Å². The van der Waals surface area contributed by atoms with E-state index in [1.807, 2.05) is 0 Å². The van der Waals surface area contributed by atoms with Gasteiger partial charge in [0.25, 0.3) is 0 Å². The number of aromatic amines is 1. The van der Waals surface area contributed by atoms with Crippen LogP contribution in [0.4, 0.5) is 0 Å². The van der Waals surface area contributed by atoms with Crippen molar-refractivity contribution in [2.45, 2.75) is 0 Å². The minimum atomic E-state index is -4.36. The molecule has 0 aliphatic heterocycles. The van der Waals surface area contributed by atoms with E-state index in [1.54, 1.807) is 0 Å². The summed E-state index contributed by atoms with van der Waals surface area (Å²) in [5, 5.41) is 12.3. The van der Waals surface area contributed by atoms with E-state index >= 15 is 0 Å². The Labute approximate surface area is 77.1 Å².